The van der Waals surface area contributed by atoms with Gasteiger partial charge in [-0.1, -0.05) is 0 Å². The fraction of sp³-hybridized carbons (Fsp3) is 0.250. The van der Waals surface area contributed by atoms with Crippen molar-refractivity contribution in [1.82, 2.24) is 20.5 Å². The average molecular weight is 299 g/mol. The molecule has 3 N–H and O–H groups in total. The number of H-pyrrole nitrogens is 1. The first kappa shape index (κ1) is 14.8. The largest absolute Gasteiger partial charge is 0.416 e. The highest BCUT2D eigenvalue weighted by atomic mass is 19.4. The van der Waals surface area contributed by atoms with Gasteiger partial charge in [0.05, 0.1) is 5.56 Å². The third kappa shape index (κ3) is 4.48. The first-order valence-electron chi connectivity index (χ1n) is 6.01. The molecule has 0 saturated heterocycles. The van der Waals surface area contributed by atoms with Crippen LogP contribution in [-0.2, 0) is 12.6 Å². The Morgan fingerprint density at radius 3 is 2.52 bits per heavy atom. The smallest absolute Gasteiger partial charge is 0.337 e. The lowest BCUT2D eigenvalue weighted by Crippen LogP contribution is -2.30. The third-order valence-corrected chi connectivity index (χ3v) is 2.58. The Labute approximate surface area is 117 Å². The van der Waals surface area contributed by atoms with Gasteiger partial charge in [-0.2, -0.15) is 18.3 Å². The Morgan fingerprint density at radius 2 is 1.95 bits per heavy atom. The number of aromatic nitrogens is 3. The molecule has 112 valence electrons. The van der Waals surface area contributed by atoms with E-state index in [4.69, 9.17) is 0 Å². The normalized spacial score (nSPS) is 11.2. The number of benzene rings is 1. The molecule has 9 heteroatoms. The van der Waals surface area contributed by atoms with E-state index in [1.807, 2.05) is 0 Å². The fourth-order valence-electron chi connectivity index (χ4n) is 1.56. The zero-order valence-corrected chi connectivity index (χ0v) is 10.7. The monoisotopic (exact) mass is 299 g/mol. The van der Waals surface area contributed by atoms with Crippen LogP contribution >= 0.6 is 0 Å². The van der Waals surface area contributed by atoms with Gasteiger partial charge in [0.1, 0.15) is 12.2 Å². The van der Waals surface area contributed by atoms with Crippen molar-refractivity contribution >= 4 is 11.7 Å². The molecule has 0 aliphatic rings. The summed E-state index contributed by atoms with van der Waals surface area (Å²) in [4.78, 5) is 15.4. The van der Waals surface area contributed by atoms with Crippen LogP contribution in [0.15, 0.2) is 30.6 Å². The molecule has 0 aliphatic carbocycles. The second kappa shape index (κ2) is 6.25. The number of hydrogen-bond acceptors (Lipinski definition) is 3. The van der Waals surface area contributed by atoms with Crippen LogP contribution in [0.25, 0.3) is 0 Å². The first-order valence-corrected chi connectivity index (χ1v) is 6.01. The molecule has 1 aromatic carbocycles. The molecule has 6 nitrogen and oxygen atoms in total. The number of carbonyl (C=O) groups excluding carboxylic acids is 1. The standard InChI is InChI=1S/C12H12F3N5O/c13-12(14,15)8-1-3-9(4-2-8)19-11(21)16-6-5-10-17-7-18-20-10/h1-4,7H,5-6H2,(H2,16,19,21)(H,17,18,20). The minimum absolute atomic E-state index is 0.278. The van der Waals surface area contributed by atoms with Gasteiger partial charge in [0.2, 0.25) is 0 Å². The second-order valence-electron chi connectivity index (χ2n) is 4.14. The molecule has 0 saturated carbocycles. The molecule has 0 bridgehead atoms. The van der Waals surface area contributed by atoms with E-state index in [2.05, 4.69) is 25.8 Å². The predicted molar refractivity (Wildman–Crippen MR) is 68.6 cm³/mol. The highest BCUT2D eigenvalue weighted by Gasteiger charge is 2.29. The molecule has 0 aliphatic heterocycles. The van der Waals surface area contributed by atoms with Gasteiger partial charge in [-0.15, -0.1) is 0 Å². The number of nitrogens with zero attached hydrogens (tertiary/aromatic N) is 2. The summed E-state index contributed by atoms with van der Waals surface area (Å²) in [5.74, 6) is 0.629. The van der Waals surface area contributed by atoms with Crippen molar-refractivity contribution in [3.8, 4) is 0 Å². The van der Waals surface area contributed by atoms with Crippen molar-refractivity contribution in [2.45, 2.75) is 12.6 Å². The summed E-state index contributed by atoms with van der Waals surface area (Å²) in [7, 11) is 0. The van der Waals surface area contributed by atoms with E-state index in [1.165, 1.54) is 18.5 Å². The van der Waals surface area contributed by atoms with Gasteiger partial charge < -0.3 is 10.6 Å². The quantitative estimate of drug-likeness (QED) is 0.809. The maximum Gasteiger partial charge on any atom is 0.416 e. The summed E-state index contributed by atoms with van der Waals surface area (Å²) in [5.41, 5.74) is -0.487. The van der Waals surface area contributed by atoms with Gasteiger partial charge in [0.15, 0.2) is 0 Å². The molecule has 2 aromatic rings. The van der Waals surface area contributed by atoms with Crippen LogP contribution < -0.4 is 10.6 Å². The average Bonchev–Trinajstić information content (AvgIpc) is 2.91. The Morgan fingerprint density at radius 1 is 1.24 bits per heavy atom. The number of aromatic amines is 1. The van der Waals surface area contributed by atoms with Crippen molar-refractivity contribution in [2.75, 3.05) is 11.9 Å². The fourth-order valence-corrected chi connectivity index (χ4v) is 1.56. The molecule has 21 heavy (non-hydrogen) atoms. The number of rotatable bonds is 4. The number of urea groups is 1. The van der Waals surface area contributed by atoms with E-state index in [9.17, 15) is 18.0 Å². The molecular weight excluding hydrogens is 287 g/mol. The van der Waals surface area contributed by atoms with Crippen LogP contribution in [0, 0.1) is 0 Å². The first-order chi connectivity index (χ1) is 9.95. The van der Waals surface area contributed by atoms with Crippen LogP contribution in [0.1, 0.15) is 11.4 Å². The van der Waals surface area contributed by atoms with Gasteiger partial charge in [-0.3, -0.25) is 5.10 Å². The summed E-state index contributed by atoms with van der Waals surface area (Å²) in [6.07, 6.45) is -2.56. The molecule has 1 heterocycles. The lowest BCUT2D eigenvalue weighted by Gasteiger charge is -2.09. The summed E-state index contributed by atoms with van der Waals surface area (Å²) >= 11 is 0. The van der Waals surface area contributed by atoms with Gasteiger partial charge in [-0.25, -0.2) is 9.78 Å². The molecular formula is C12H12F3N5O. The van der Waals surface area contributed by atoms with Crippen LogP contribution in [0.4, 0.5) is 23.7 Å². The number of halogens is 3. The van der Waals surface area contributed by atoms with Gasteiger partial charge in [-0.05, 0) is 24.3 Å². The number of amides is 2. The highest BCUT2D eigenvalue weighted by molar-refractivity contribution is 5.89. The number of carbonyl (C=O) groups is 1. The van der Waals surface area contributed by atoms with Gasteiger partial charge in [0, 0.05) is 18.7 Å². The maximum atomic E-state index is 12.4. The maximum absolute atomic E-state index is 12.4. The molecule has 0 radical (unpaired) electrons. The van der Waals surface area contributed by atoms with E-state index in [0.29, 0.717) is 18.8 Å². The Bertz CT molecular complexity index is 580. The van der Waals surface area contributed by atoms with Crippen LogP contribution in [-0.4, -0.2) is 27.8 Å². The van der Waals surface area contributed by atoms with E-state index in [0.717, 1.165) is 12.1 Å². The number of hydrogen-bond donors (Lipinski definition) is 3. The van der Waals surface area contributed by atoms with Crippen LogP contribution in [0.5, 0.6) is 0 Å². The SMILES string of the molecule is O=C(NCCc1ncn[nH]1)Nc1ccc(C(F)(F)F)cc1. The van der Waals surface area contributed by atoms with Crippen molar-refractivity contribution in [2.24, 2.45) is 0 Å². The van der Waals surface area contributed by atoms with Gasteiger partial charge >= 0.3 is 12.2 Å². The lowest BCUT2D eigenvalue weighted by molar-refractivity contribution is -0.137. The Kier molecular flexibility index (Phi) is 4.41. The van der Waals surface area contributed by atoms with E-state index < -0.39 is 17.8 Å². The lowest BCUT2D eigenvalue weighted by atomic mass is 10.2. The Balaban J connectivity index is 1.79. The summed E-state index contributed by atoms with van der Waals surface area (Å²) in [6, 6.07) is 3.70. The molecule has 0 unspecified atom stereocenters. The predicted octanol–water partition coefficient (Wildman–Crippen LogP) is 2.19. The van der Waals surface area contributed by atoms with E-state index in [1.54, 1.807) is 0 Å². The molecule has 1 aromatic heterocycles. The third-order valence-electron chi connectivity index (χ3n) is 2.58. The molecule has 0 atom stereocenters. The Hall–Kier alpha value is -2.58. The van der Waals surface area contributed by atoms with Crippen molar-refractivity contribution in [3.05, 3.63) is 42.0 Å². The van der Waals surface area contributed by atoms with Crippen molar-refractivity contribution in [1.29, 1.82) is 0 Å². The summed E-state index contributed by atoms with van der Waals surface area (Å²) in [6.45, 7) is 0.321. The van der Waals surface area contributed by atoms with Gasteiger partial charge in [0.25, 0.3) is 0 Å². The molecule has 2 amide bonds. The molecule has 0 fully saturated rings. The van der Waals surface area contributed by atoms with Crippen molar-refractivity contribution < 1.29 is 18.0 Å². The van der Waals surface area contributed by atoms with E-state index in [-0.39, 0.29) is 5.69 Å². The number of anilines is 1. The number of nitrogens with one attached hydrogen (secondary N) is 3. The minimum atomic E-state index is -4.39. The van der Waals surface area contributed by atoms with Crippen molar-refractivity contribution in [3.63, 3.8) is 0 Å². The van der Waals surface area contributed by atoms with Crippen LogP contribution in [0.2, 0.25) is 0 Å². The van der Waals surface area contributed by atoms with Crippen LogP contribution in [0.3, 0.4) is 0 Å². The zero-order chi connectivity index (χ0) is 15.3. The zero-order valence-electron chi connectivity index (χ0n) is 10.7. The minimum Gasteiger partial charge on any atom is -0.337 e. The molecule has 0 spiro atoms. The topological polar surface area (TPSA) is 82.7 Å². The van der Waals surface area contributed by atoms with E-state index >= 15 is 0 Å². The number of alkyl halides is 3. The summed E-state index contributed by atoms with van der Waals surface area (Å²) < 4.78 is 37.1. The molecule has 2 rings (SSSR count). The highest BCUT2D eigenvalue weighted by Crippen LogP contribution is 2.29. The second-order valence-corrected chi connectivity index (χ2v) is 4.14. The summed E-state index contributed by atoms with van der Waals surface area (Å²) in [5, 5.41) is 11.3.